The summed E-state index contributed by atoms with van der Waals surface area (Å²) in [6.07, 6.45) is 1.35. The molecule has 0 aliphatic carbocycles. The van der Waals surface area contributed by atoms with Crippen LogP contribution in [-0.2, 0) is 9.47 Å². The lowest BCUT2D eigenvalue weighted by Gasteiger charge is -2.10. The van der Waals surface area contributed by atoms with Gasteiger partial charge in [0.2, 0.25) is 0 Å². The smallest absolute Gasteiger partial charge is 0.258 e. The fourth-order valence-corrected chi connectivity index (χ4v) is 1.69. The maximum absolute atomic E-state index is 11.6. The lowest BCUT2D eigenvalue weighted by atomic mass is 10.2. The van der Waals surface area contributed by atoms with Crippen molar-refractivity contribution in [2.24, 2.45) is 0 Å². The molecule has 0 fully saturated rings. The third-order valence-corrected chi connectivity index (χ3v) is 2.69. The van der Waals surface area contributed by atoms with Gasteiger partial charge in [-0.3, -0.25) is 4.79 Å². The van der Waals surface area contributed by atoms with Gasteiger partial charge in [-0.25, -0.2) is 4.98 Å². The average Bonchev–Trinajstić information content (AvgIpc) is 2.44. The summed E-state index contributed by atoms with van der Waals surface area (Å²) in [6.45, 7) is 1.86. The van der Waals surface area contributed by atoms with Crippen molar-refractivity contribution in [2.45, 2.75) is 0 Å². The Balaban J connectivity index is 2.00. The highest BCUT2D eigenvalue weighted by molar-refractivity contribution is 5.84. The molecule has 108 valence electrons. The number of benzene rings is 1. The zero-order chi connectivity index (χ0) is 14.4. The zero-order valence-corrected chi connectivity index (χ0v) is 11.2. The minimum absolute atomic E-state index is 0.226. The van der Waals surface area contributed by atoms with Crippen molar-refractivity contribution >= 4 is 16.6 Å². The van der Waals surface area contributed by atoms with Crippen LogP contribution in [0, 0.1) is 0 Å². The standard InChI is InChI=1S/C13H17N3O4/c1-18-2-3-19-4-5-20-12-7-11-9(6-10(12)14)13(17)16-8-15-11/h6-8H,2-5,14H2,1H3,(H,15,16,17). The third-order valence-electron chi connectivity index (χ3n) is 2.69. The second-order valence-corrected chi connectivity index (χ2v) is 4.09. The average molecular weight is 279 g/mol. The monoisotopic (exact) mass is 279 g/mol. The van der Waals surface area contributed by atoms with E-state index < -0.39 is 0 Å². The normalized spacial score (nSPS) is 10.8. The minimum Gasteiger partial charge on any atom is -0.489 e. The number of hydrogen-bond acceptors (Lipinski definition) is 6. The predicted octanol–water partition coefficient (Wildman–Crippen LogP) is 0.547. The van der Waals surface area contributed by atoms with Crippen molar-refractivity contribution in [2.75, 3.05) is 39.3 Å². The van der Waals surface area contributed by atoms with Crippen molar-refractivity contribution in [1.29, 1.82) is 0 Å². The summed E-state index contributed by atoms with van der Waals surface area (Å²) in [4.78, 5) is 18.2. The molecule has 0 saturated heterocycles. The molecular weight excluding hydrogens is 262 g/mol. The first-order chi connectivity index (χ1) is 9.72. The molecule has 3 N–H and O–H groups in total. The Morgan fingerprint density at radius 3 is 2.85 bits per heavy atom. The molecule has 1 aromatic heterocycles. The lowest BCUT2D eigenvalue weighted by Crippen LogP contribution is -2.11. The van der Waals surface area contributed by atoms with E-state index in [9.17, 15) is 4.79 Å². The van der Waals surface area contributed by atoms with E-state index in [1.165, 1.54) is 6.33 Å². The Kier molecular flexibility index (Phi) is 4.91. The molecule has 0 bridgehead atoms. The second kappa shape index (κ2) is 6.88. The molecule has 0 spiro atoms. The molecule has 1 heterocycles. The van der Waals surface area contributed by atoms with Crippen LogP contribution in [0.15, 0.2) is 23.3 Å². The van der Waals surface area contributed by atoms with Gasteiger partial charge >= 0.3 is 0 Å². The first-order valence-corrected chi connectivity index (χ1v) is 6.19. The van der Waals surface area contributed by atoms with E-state index in [4.69, 9.17) is 19.9 Å². The van der Waals surface area contributed by atoms with Crippen LogP contribution in [0.4, 0.5) is 5.69 Å². The molecule has 2 rings (SSSR count). The first-order valence-electron chi connectivity index (χ1n) is 6.19. The topological polar surface area (TPSA) is 99.5 Å². The van der Waals surface area contributed by atoms with Crippen LogP contribution >= 0.6 is 0 Å². The maximum atomic E-state index is 11.6. The molecule has 0 aliphatic heterocycles. The number of nitrogens with two attached hydrogens (primary N) is 1. The summed E-state index contributed by atoms with van der Waals surface area (Å²) >= 11 is 0. The zero-order valence-electron chi connectivity index (χ0n) is 11.2. The van der Waals surface area contributed by atoms with Crippen LogP contribution in [0.2, 0.25) is 0 Å². The summed E-state index contributed by atoms with van der Waals surface area (Å²) < 4.78 is 15.7. The van der Waals surface area contributed by atoms with Crippen LogP contribution in [0.5, 0.6) is 5.75 Å². The van der Waals surface area contributed by atoms with Gasteiger partial charge in [0.25, 0.3) is 5.56 Å². The van der Waals surface area contributed by atoms with Crippen LogP contribution < -0.4 is 16.0 Å². The van der Waals surface area contributed by atoms with E-state index in [-0.39, 0.29) is 5.56 Å². The van der Waals surface area contributed by atoms with Crippen LogP contribution in [0.1, 0.15) is 0 Å². The highest BCUT2D eigenvalue weighted by atomic mass is 16.5. The number of nitrogen functional groups attached to an aromatic ring is 1. The van der Waals surface area contributed by atoms with Crippen molar-refractivity contribution in [3.05, 3.63) is 28.8 Å². The van der Waals surface area contributed by atoms with Gasteiger partial charge in [0.1, 0.15) is 12.4 Å². The Morgan fingerprint density at radius 1 is 1.25 bits per heavy atom. The van der Waals surface area contributed by atoms with Crippen molar-refractivity contribution < 1.29 is 14.2 Å². The quantitative estimate of drug-likeness (QED) is 0.567. The van der Waals surface area contributed by atoms with Gasteiger partial charge in [-0.15, -0.1) is 0 Å². The number of methoxy groups -OCH3 is 1. The molecule has 7 nitrogen and oxygen atoms in total. The van der Waals surface area contributed by atoms with E-state index in [2.05, 4.69) is 9.97 Å². The molecule has 2 aromatic rings. The van der Waals surface area contributed by atoms with Gasteiger partial charge in [-0.2, -0.15) is 0 Å². The molecular formula is C13H17N3O4. The lowest BCUT2D eigenvalue weighted by molar-refractivity contribution is 0.0546. The molecule has 0 amide bonds. The SMILES string of the molecule is COCCOCCOc1cc2nc[nH]c(=O)c2cc1N. The number of nitrogens with one attached hydrogen (secondary N) is 1. The first kappa shape index (κ1) is 14.3. The van der Waals surface area contributed by atoms with Gasteiger partial charge in [-0.1, -0.05) is 0 Å². The Morgan fingerprint density at radius 2 is 2.05 bits per heavy atom. The van der Waals surface area contributed by atoms with Gasteiger partial charge in [-0.05, 0) is 6.07 Å². The number of hydrogen-bond donors (Lipinski definition) is 2. The van der Waals surface area contributed by atoms with Crippen LogP contribution in [-0.4, -0.2) is 43.5 Å². The molecule has 7 heteroatoms. The van der Waals surface area contributed by atoms with Gasteiger partial charge < -0.3 is 24.9 Å². The maximum Gasteiger partial charge on any atom is 0.258 e. The highest BCUT2D eigenvalue weighted by Gasteiger charge is 2.06. The molecule has 0 unspecified atom stereocenters. The number of aromatic amines is 1. The van der Waals surface area contributed by atoms with Gasteiger partial charge in [0, 0.05) is 13.2 Å². The number of nitrogens with zero attached hydrogens (tertiary/aromatic N) is 1. The largest absolute Gasteiger partial charge is 0.489 e. The minimum atomic E-state index is -0.226. The summed E-state index contributed by atoms with van der Waals surface area (Å²) in [5.74, 6) is 0.492. The number of rotatable bonds is 7. The number of H-pyrrole nitrogens is 1. The summed E-state index contributed by atoms with van der Waals surface area (Å²) in [6, 6.07) is 3.21. The summed E-state index contributed by atoms with van der Waals surface area (Å²) in [7, 11) is 1.62. The highest BCUT2D eigenvalue weighted by Crippen LogP contribution is 2.25. The third kappa shape index (κ3) is 3.46. The summed E-state index contributed by atoms with van der Waals surface area (Å²) in [5.41, 5.74) is 6.56. The van der Waals surface area contributed by atoms with E-state index >= 15 is 0 Å². The molecule has 20 heavy (non-hydrogen) atoms. The molecule has 1 aromatic carbocycles. The van der Waals surface area contributed by atoms with Crippen molar-refractivity contribution in [3.8, 4) is 5.75 Å². The van der Waals surface area contributed by atoms with Crippen molar-refractivity contribution in [3.63, 3.8) is 0 Å². The fourth-order valence-electron chi connectivity index (χ4n) is 1.69. The fraction of sp³-hybridized carbons (Fsp3) is 0.385. The second-order valence-electron chi connectivity index (χ2n) is 4.09. The van der Waals surface area contributed by atoms with E-state index in [1.807, 2.05) is 0 Å². The molecule has 0 saturated carbocycles. The number of fused-ring (bicyclic) bond motifs is 1. The number of ether oxygens (including phenoxy) is 3. The van der Waals surface area contributed by atoms with Crippen molar-refractivity contribution in [1.82, 2.24) is 9.97 Å². The molecule has 0 atom stereocenters. The van der Waals surface area contributed by atoms with Crippen LogP contribution in [0.3, 0.4) is 0 Å². The predicted molar refractivity (Wildman–Crippen MR) is 75.0 cm³/mol. The Labute approximate surface area is 115 Å². The molecule has 0 aliphatic rings. The van der Waals surface area contributed by atoms with Crippen LogP contribution in [0.25, 0.3) is 10.9 Å². The number of anilines is 1. The number of aromatic nitrogens is 2. The van der Waals surface area contributed by atoms with E-state index in [0.29, 0.717) is 48.8 Å². The Hall–Kier alpha value is -2.12. The van der Waals surface area contributed by atoms with Gasteiger partial charge in [0.05, 0.1) is 42.7 Å². The van der Waals surface area contributed by atoms with E-state index in [0.717, 1.165) is 0 Å². The Bertz CT molecular complexity index is 627. The van der Waals surface area contributed by atoms with Gasteiger partial charge in [0.15, 0.2) is 0 Å². The molecule has 0 radical (unpaired) electrons. The summed E-state index contributed by atoms with van der Waals surface area (Å²) in [5, 5.41) is 0.439. The van der Waals surface area contributed by atoms with E-state index in [1.54, 1.807) is 19.2 Å².